The number of hydrogen-bond donors (Lipinski definition) is 1. The minimum atomic E-state index is 0.364. The number of nitrogens with one attached hydrogen (secondary N) is 1. The van der Waals surface area contributed by atoms with Crippen LogP contribution in [0.15, 0.2) is 30.3 Å². The quantitative estimate of drug-likeness (QED) is 0.927. The monoisotopic (exact) mass is 268 g/mol. The van der Waals surface area contributed by atoms with E-state index in [1.54, 1.807) is 0 Å². The summed E-state index contributed by atoms with van der Waals surface area (Å²) >= 11 is 0. The molecule has 20 heavy (non-hydrogen) atoms. The van der Waals surface area contributed by atoms with Crippen molar-refractivity contribution in [1.29, 1.82) is 0 Å². The largest absolute Gasteiger partial charge is 0.368 e. The van der Waals surface area contributed by atoms with E-state index in [1.165, 1.54) is 11.3 Å². The predicted molar refractivity (Wildman–Crippen MR) is 82.7 cm³/mol. The van der Waals surface area contributed by atoms with Crippen LogP contribution in [-0.2, 0) is 6.42 Å². The number of aryl methyl sites for hydroxylation is 1. The van der Waals surface area contributed by atoms with Gasteiger partial charge in [-0.1, -0.05) is 18.2 Å². The highest BCUT2D eigenvalue weighted by atomic mass is 15.2. The molecule has 0 atom stereocenters. The summed E-state index contributed by atoms with van der Waals surface area (Å²) in [5, 5.41) is 3.36. The fraction of sp³-hybridized carbons (Fsp3) is 0.375. The first-order valence-corrected chi connectivity index (χ1v) is 7.11. The molecule has 3 rings (SSSR count). The average molecular weight is 268 g/mol. The van der Waals surface area contributed by atoms with Crippen LogP contribution in [-0.4, -0.2) is 22.6 Å². The summed E-state index contributed by atoms with van der Waals surface area (Å²) in [6, 6.07) is 10.9. The molecule has 4 nitrogen and oxygen atoms in total. The Morgan fingerprint density at radius 3 is 2.80 bits per heavy atom. The number of hydrogen-bond acceptors (Lipinski definition) is 4. The van der Waals surface area contributed by atoms with Crippen LogP contribution in [0.5, 0.6) is 0 Å². The van der Waals surface area contributed by atoms with Gasteiger partial charge >= 0.3 is 0 Å². The van der Waals surface area contributed by atoms with Gasteiger partial charge in [-0.15, -0.1) is 0 Å². The van der Waals surface area contributed by atoms with E-state index < -0.39 is 0 Å². The highest BCUT2D eigenvalue weighted by Gasteiger charge is 2.21. The second kappa shape index (κ2) is 5.12. The fourth-order valence-electron chi connectivity index (χ4n) is 2.64. The second-order valence-corrected chi connectivity index (χ2v) is 5.49. The van der Waals surface area contributed by atoms with Crippen LogP contribution < -0.4 is 10.2 Å². The van der Waals surface area contributed by atoms with E-state index in [1.807, 2.05) is 13.0 Å². The molecule has 0 amide bonds. The third-order valence-corrected chi connectivity index (χ3v) is 3.42. The van der Waals surface area contributed by atoms with Crippen molar-refractivity contribution in [2.75, 3.05) is 16.8 Å². The fourth-order valence-corrected chi connectivity index (χ4v) is 2.64. The van der Waals surface area contributed by atoms with Crippen LogP contribution in [0.3, 0.4) is 0 Å². The molecule has 1 aromatic carbocycles. The summed E-state index contributed by atoms with van der Waals surface area (Å²) in [5.74, 6) is 2.67. The van der Waals surface area contributed by atoms with Gasteiger partial charge in [0.05, 0.1) is 0 Å². The summed E-state index contributed by atoms with van der Waals surface area (Å²) in [4.78, 5) is 11.3. The van der Waals surface area contributed by atoms with E-state index in [0.29, 0.717) is 6.04 Å². The molecule has 0 radical (unpaired) electrons. The maximum Gasteiger partial charge on any atom is 0.138 e. The van der Waals surface area contributed by atoms with Crippen LogP contribution in [0.4, 0.5) is 17.3 Å². The average Bonchev–Trinajstić information content (AvgIpc) is 2.80. The van der Waals surface area contributed by atoms with Crippen LogP contribution in [0.1, 0.15) is 25.2 Å². The van der Waals surface area contributed by atoms with Crippen molar-refractivity contribution in [1.82, 2.24) is 9.97 Å². The molecule has 0 saturated heterocycles. The minimum absolute atomic E-state index is 0.364. The zero-order chi connectivity index (χ0) is 14.1. The standard InChI is InChI=1S/C16H20N4/c1-11(2)17-15-10-16(19-12(3)18-15)20-9-8-13-6-4-5-7-14(13)20/h4-7,10-11H,8-9H2,1-3H3,(H,17,18,19). The Bertz CT molecular complexity index is 622. The molecule has 1 N–H and O–H groups in total. The number of aromatic nitrogens is 2. The number of anilines is 3. The first-order valence-electron chi connectivity index (χ1n) is 7.11. The Morgan fingerprint density at radius 1 is 1.20 bits per heavy atom. The number of rotatable bonds is 3. The molecule has 104 valence electrons. The summed E-state index contributed by atoms with van der Waals surface area (Å²) in [5.41, 5.74) is 2.66. The first kappa shape index (κ1) is 12.9. The zero-order valence-electron chi connectivity index (χ0n) is 12.2. The predicted octanol–water partition coefficient (Wildman–Crippen LogP) is 3.30. The molecule has 1 aliphatic rings. The molecule has 2 aromatic rings. The van der Waals surface area contributed by atoms with Crippen molar-refractivity contribution >= 4 is 17.3 Å². The Morgan fingerprint density at radius 2 is 2.00 bits per heavy atom. The van der Waals surface area contributed by atoms with Gasteiger partial charge in [0, 0.05) is 24.3 Å². The topological polar surface area (TPSA) is 41.1 Å². The zero-order valence-corrected chi connectivity index (χ0v) is 12.2. The van der Waals surface area contributed by atoms with Gasteiger partial charge in [0.25, 0.3) is 0 Å². The number of fused-ring (bicyclic) bond motifs is 1. The van der Waals surface area contributed by atoms with Gasteiger partial charge in [0.15, 0.2) is 0 Å². The Hall–Kier alpha value is -2.10. The lowest BCUT2D eigenvalue weighted by atomic mass is 10.2. The molecular formula is C16H20N4. The van der Waals surface area contributed by atoms with Gasteiger partial charge in [-0.3, -0.25) is 0 Å². The summed E-state index contributed by atoms with van der Waals surface area (Å²) in [6.07, 6.45) is 1.08. The molecule has 2 heterocycles. The van der Waals surface area contributed by atoms with Crippen LogP contribution >= 0.6 is 0 Å². The molecule has 0 aliphatic carbocycles. The van der Waals surface area contributed by atoms with E-state index in [4.69, 9.17) is 0 Å². The van der Waals surface area contributed by atoms with Crippen molar-refractivity contribution in [3.8, 4) is 0 Å². The van der Waals surface area contributed by atoms with Gasteiger partial charge in [0.2, 0.25) is 0 Å². The smallest absolute Gasteiger partial charge is 0.138 e. The van der Waals surface area contributed by atoms with Crippen molar-refractivity contribution in [2.45, 2.75) is 33.2 Å². The van der Waals surface area contributed by atoms with Gasteiger partial charge in [0.1, 0.15) is 17.5 Å². The lowest BCUT2D eigenvalue weighted by Gasteiger charge is -2.20. The highest BCUT2D eigenvalue weighted by Crippen LogP contribution is 2.33. The van der Waals surface area contributed by atoms with Crippen molar-refractivity contribution in [3.63, 3.8) is 0 Å². The third kappa shape index (κ3) is 2.46. The molecule has 4 heteroatoms. The van der Waals surface area contributed by atoms with Gasteiger partial charge in [-0.2, -0.15) is 0 Å². The maximum atomic E-state index is 4.60. The summed E-state index contributed by atoms with van der Waals surface area (Å²) in [6.45, 7) is 7.15. The van der Waals surface area contributed by atoms with Crippen LogP contribution in [0.2, 0.25) is 0 Å². The maximum absolute atomic E-state index is 4.60. The van der Waals surface area contributed by atoms with Crippen molar-refractivity contribution in [3.05, 3.63) is 41.7 Å². The van der Waals surface area contributed by atoms with Crippen LogP contribution in [0.25, 0.3) is 0 Å². The minimum Gasteiger partial charge on any atom is -0.368 e. The number of para-hydroxylation sites is 1. The summed E-state index contributed by atoms with van der Waals surface area (Å²) < 4.78 is 0. The lowest BCUT2D eigenvalue weighted by molar-refractivity contribution is 0.875. The van der Waals surface area contributed by atoms with Gasteiger partial charge in [-0.05, 0) is 38.8 Å². The van der Waals surface area contributed by atoms with Crippen molar-refractivity contribution < 1.29 is 0 Å². The molecule has 1 aromatic heterocycles. The number of nitrogens with zero attached hydrogens (tertiary/aromatic N) is 3. The van der Waals surface area contributed by atoms with E-state index >= 15 is 0 Å². The molecule has 0 fully saturated rings. The van der Waals surface area contributed by atoms with E-state index in [-0.39, 0.29) is 0 Å². The third-order valence-electron chi connectivity index (χ3n) is 3.42. The Labute approximate surface area is 119 Å². The lowest BCUT2D eigenvalue weighted by Crippen LogP contribution is -2.17. The molecule has 0 bridgehead atoms. The van der Waals surface area contributed by atoms with E-state index in [2.05, 4.69) is 58.3 Å². The van der Waals surface area contributed by atoms with E-state index in [0.717, 1.165) is 30.4 Å². The first-order chi connectivity index (χ1) is 9.63. The molecular weight excluding hydrogens is 248 g/mol. The van der Waals surface area contributed by atoms with Gasteiger partial charge < -0.3 is 10.2 Å². The molecule has 1 aliphatic heterocycles. The van der Waals surface area contributed by atoms with Crippen molar-refractivity contribution in [2.24, 2.45) is 0 Å². The van der Waals surface area contributed by atoms with E-state index in [9.17, 15) is 0 Å². The normalized spacial score (nSPS) is 13.7. The molecule has 0 saturated carbocycles. The van der Waals surface area contributed by atoms with Crippen LogP contribution in [0, 0.1) is 6.92 Å². The number of benzene rings is 1. The Balaban J connectivity index is 1.97. The highest BCUT2D eigenvalue weighted by molar-refractivity contribution is 5.68. The van der Waals surface area contributed by atoms with Gasteiger partial charge in [-0.25, -0.2) is 9.97 Å². The Kier molecular flexibility index (Phi) is 3.30. The SMILES string of the molecule is Cc1nc(NC(C)C)cc(N2CCc3ccccc32)n1. The molecule has 0 unspecified atom stereocenters. The molecule has 0 spiro atoms. The summed E-state index contributed by atoms with van der Waals surface area (Å²) in [7, 11) is 0. The second-order valence-electron chi connectivity index (χ2n) is 5.49.